The largest absolute Gasteiger partial charge is 0.352 e. The lowest BCUT2D eigenvalue weighted by Gasteiger charge is -2.17. The van der Waals surface area contributed by atoms with Gasteiger partial charge in [0.25, 0.3) is 0 Å². The van der Waals surface area contributed by atoms with Crippen molar-refractivity contribution in [2.24, 2.45) is 0 Å². The molecule has 0 bridgehead atoms. The van der Waals surface area contributed by atoms with Crippen LogP contribution in [0.4, 0.5) is 0 Å². The van der Waals surface area contributed by atoms with Crippen molar-refractivity contribution in [1.29, 1.82) is 0 Å². The Kier molecular flexibility index (Phi) is 4.97. The molecule has 0 aromatic heterocycles. The first-order chi connectivity index (χ1) is 9.16. The summed E-state index contributed by atoms with van der Waals surface area (Å²) in [5.41, 5.74) is 2.52. The Morgan fingerprint density at radius 2 is 2.00 bits per heavy atom. The van der Waals surface area contributed by atoms with E-state index >= 15 is 0 Å². The molecule has 1 atom stereocenters. The van der Waals surface area contributed by atoms with Crippen LogP contribution in [0.5, 0.6) is 0 Å². The molecule has 0 radical (unpaired) electrons. The van der Waals surface area contributed by atoms with Crippen LogP contribution in [-0.4, -0.2) is 18.5 Å². The predicted molar refractivity (Wildman–Crippen MR) is 78.0 cm³/mol. The van der Waals surface area contributed by atoms with E-state index in [1.807, 2.05) is 12.1 Å². The fraction of sp³-hybridized carbons (Fsp3) is 0.562. The van der Waals surface area contributed by atoms with Gasteiger partial charge in [0, 0.05) is 12.1 Å². The highest BCUT2D eigenvalue weighted by Gasteiger charge is 2.17. The van der Waals surface area contributed by atoms with Crippen molar-refractivity contribution in [3.8, 4) is 0 Å². The number of nitrogens with one attached hydrogen (secondary N) is 2. The van der Waals surface area contributed by atoms with Crippen LogP contribution >= 0.6 is 0 Å². The number of hydrogen-bond acceptors (Lipinski definition) is 2. The molecular formula is C16H24N2O. The smallest absolute Gasteiger partial charge is 0.234 e. The number of carbonyl (C=O) groups is 1. The predicted octanol–water partition coefficient (Wildman–Crippen LogP) is 2.70. The summed E-state index contributed by atoms with van der Waals surface area (Å²) in [5.74, 6) is 0.118. The van der Waals surface area contributed by atoms with Gasteiger partial charge in [-0.1, -0.05) is 37.1 Å². The van der Waals surface area contributed by atoms with Crippen LogP contribution in [-0.2, 0) is 4.79 Å². The summed E-state index contributed by atoms with van der Waals surface area (Å²) in [6.45, 7) is 4.60. The van der Waals surface area contributed by atoms with Crippen LogP contribution < -0.4 is 10.6 Å². The van der Waals surface area contributed by atoms with Crippen LogP contribution in [0.3, 0.4) is 0 Å². The van der Waals surface area contributed by atoms with E-state index in [1.165, 1.54) is 24.0 Å². The molecule has 1 saturated carbocycles. The molecule has 0 unspecified atom stereocenters. The van der Waals surface area contributed by atoms with Gasteiger partial charge in [0.1, 0.15) is 0 Å². The van der Waals surface area contributed by atoms with Crippen LogP contribution in [0, 0.1) is 6.92 Å². The Balaban J connectivity index is 1.78. The molecule has 1 amide bonds. The van der Waals surface area contributed by atoms with Gasteiger partial charge in [-0.25, -0.2) is 0 Å². The Bertz CT molecular complexity index is 425. The lowest BCUT2D eigenvalue weighted by molar-refractivity contribution is -0.121. The summed E-state index contributed by atoms with van der Waals surface area (Å²) in [4.78, 5) is 11.8. The van der Waals surface area contributed by atoms with E-state index in [1.54, 1.807) is 0 Å². The minimum atomic E-state index is 0.118. The third kappa shape index (κ3) is 4.06. The molecule has 0 spiro atoms. The third-order valence-electron chi connectivity index (χ3n) is 3.94. The average molecular weight is 260 g/mol. The maximum atomic E-state index is 11.8. The molecule has 1 fully saturated rings. The zero-order valence-electron chi connectivity index (χ0n) is 11.9. The molecule has 1 aliphatic carbocycles. The number of aryl methyl sites for hydroxylation is 1. The van der Waals surface area contributed by atoms with E-state index in [4.69, 9.17) is 0 Å². The molecule has 3 nitrogen and oxygen atoms in total. The molecular weight excluding hydrogens is 236 g/mol. The minimum absolute atomic E-state index is 0.118. The van der Waals surface area contributed by atoms with Crippen molar-refractivity contribution in [1.82, 2.24) is 10.6 Å². The lowest BCUT2D eigenvalue weighted by Crippen LogP contribution is -2.39. The average Bonchev–Trinajstić information content (AvgIpc) is 2.89. The normalized spacial score (nSPS) is 17.4. The van der Waals surface area contributed by atoms with Crippen molar-refractivity contribution in [3.63, 3.8) is 0 Å². The highest BCUT2D eigenvalue weighted by atomic mass is 16.1. The van der Waals surface area contributed by atoms with Gasteiger partial charge in [-0.2, -0.15) is 0 Å². The monoisotopic (exact) mass is 260 g/mol. The topological polar surface area (TPSA) is 41.1 Å². The van der Waals surface area contributed by atoms with Crippen molar-refractivity contribution in [2.75, 3.05) is 6.54 Å². The minimum Gasteiger partial charge on any atom is -0.352 e. The second-order valence-corrected chi connectivity index (χ2v) is 5.51. The molecule has 3 heteroatoms. The quantitative estimate of drug-likeness (QED) is 0.854. The van der Waals surface area contributed by atoms with Gasteiger partial charge < -0.3 is 10.6 Å². The number of rotatable bonds is 5. The molecule has 1 aliphatic rings. The van der Waals surface area contributed by atoms with E-state index in [9.17, 15) is 4.79 Å². The maximum Gasteiger partial charge on any atom is 0.234 e. The van der Waals surface area contributed by atoms with Gasteiger partial charge in [-0.15, -0.1) is 0 Å². The van der Waals surface area contributed by atoms with E-state index < -0.39 is 0 Å². The molecule has 2 rings (SSSR count). The van der Waals surface area contributed by atoms with Crippen molar-refractivity contribution in [3.05, 3.63) is 35.4 Å². The fourth-order valence-corrected chi connectivity index (χ4v) is 2.78. The summed E-state index contributed by atoms with van der Waals surface area (Å²) < 4.78 is 0. The van der Waals surface area contributed by atoms with Crippen LogP contribution in [0.25, 0.3) is 0 Å². The van der Waals surface area contributed by atoms with E-state index in [0.717, 1.165) is 12.8 Å². The number of carbonyl (C=O) groups excluding carboxylic acids is 1. The molecule has 0 heterocycles. The number of hydrogen-bond donors (Lipinski definition) is 2. The van der Waals surface area contributed by atoms with E-state index in [0.29, 0.717) is 12.6 Å². The fourth-order valence-electron chi connectivity index (χ4n) is 2.78. The first-order valence-electron chi connectivity index (χ1n) is 7.25. The zero-order valence-corrected chi connectivity index (χ0v) is 11.9. The Hall–Kier alpha value is -1.35. The van der Waals surface area contributed by atoms with Gasteiger partial charge in [0.05, 0.1) is 6.54 Å². The van der Waals surface area contributed by atoms with Gasteiger partial charge in [0.2, 0.25) is 5.91 Å². The van der Waals surface area contributed by atoms with Crippen LogP contribution in [0.2, 0.25) is 0 Å². The number of benzene rings is 1. The first kappa shape index (κ1) is 14.1. The lowest BCUT2D eigenvalue weighted by atomic mass is 10.0. The maximum absolute atomic E-state index is 11.8. The van der Waals surface area contributed by atoms with Crippen LogP contribution in [0.1, 0.15) is 49.8 Å². The Morgan fingerprint density at radius 1 is 1.32 bits per heavy atom. The van der Waals surface area contributed by atoms with Gasteiger partial charge >= 0.3 is 0 Å². The van der Waals surface area contributed by atoms with Crippen molar-refractivity contribution >= 4 is 5.91 Å². The highest BCUT2D eigenvalue weighted by Crippen LogP contribution is 2.18. The second-order valence-electron chi connectivity index (χ2n) is 5.51. The molecule has 0 saturated heterocycles. The summed E-state index contributed by atoms with van der Waals surface area (Å²) in [7, 11) is 0. The van der Waals surface area contributed by atoms with Crippen LogP contribution in [0.15, 0.2) is 24.3 Å². The molecule has 0 aliphatic heterocycles. The molecule has 19 heavy (non-hydrogen) atoms. The first-order valence-corrected chi connectivity index (χ1v) is 7.25. The molecule has 1 aromatic rings. The van der Waals surface area contributed by atoms with Gasteiger partial charge in [-0.05, 0) is 37.8 Å². The Labute approximate surface area is 115 Å². The SMILES string of the molecule is Cc1ccccc1[C@@H](C)NCC(=O)NC1CCCC1. The third-order valence-corrected chi connectivity index (χ3v) is 3.94. The van der Waals surface area contributed by atoms with Gasteiger partial charge in [-0.3, -0.25) is 4.79 Å². The van der Waals surface area contributed by atoms with E-state index in [2.05, 4.69) is 36.6 Å². The van der Waals surface area contributed by atoms with Gasteiger partial charge in [0.15, 0.2) is 0 Å². The summed E-state index contributed by atoms with van der Waals surface area (Å²) in [6, 6.07) is 8.91. The molecule has 1 aromatic carbocycles. The van der Waals surface area contributed by atoms with Crippen molar-refractivity contribution < 1.29 is 4.79 Å². The van der Waals surface area contributed by atoms with Crippen molar-refractivity contribution in [2.45, 2.75) is 51.6 Å². The zero-order chi connectivity index (χ0) is 13.7. The molecule has 104 valence electrons. The standard InChI is InChI=1S/C16H24N2O/c1-12-7-3-6-10-15(12)13(2)17-11-16(19)18-14-8-4-5-9-14/h3,6-7,10,13-14,17H,4-5,8-9,11H2,1-2H3,(H,18,19)/t13-/m1/s1. The summed E-state index contributed by atoms with van der Waals surface area (Å²) in [6.07, 6.45) is 4.77. The highest BCUT2D eigenvalue weighted by molar-refractivity contribution is 5.78. The van der Waals surface area contributed by atoms with E-state index in [-0.39, 0.29) is 11.9 Å². The summed E-state index contributed by atoms with van der Waals surface area (Å²) in [5, 5.41) is 6.40. The Morgan fingerprint density at radius 3 is 2.68 bits per heavy atom. The summed E-state index contributed by atoms with van der Waals surface area (Å²) >= 11 is 0. The number of amides is 1. The second kappa shape index (κ2) is 6.71. The molecule has 2 N–H and O–H groups in total.